The zero-order chi connectivity index (χ0) is 12.1. The first-order chi connectivity index (χ1) is 8.33. The molecule has 1 unspecified atom stereocenters. The van der Waals surface area contributed by atoms with E-state index < -0.39 is 0 Å². The summed E-state index contributed by atoms with van der Waals surface area (Å²) in [6.45, 7) is 5.58. The lowest BCUT2D eigenvalue weighted by Crippen LogP contribution is -2.47. The van der Waals surface area contributed by atoms with Crippen molar-refractivity contribution in [1.29, 1.82) is 0 Å². The van der Waals surface area contributed by atoms with E-state index in [1.807, 2.05) is 35.2 Å². The van der Waals surface area contributed by atoms with E-state index in [-0.39, 0.29) is 11.8 Å². The third-order valence-corrected chi connectivity index (χ3v) is 3.34. The molecule has 0 spiro atoms. The SMILES string of the molecule is CCC(C(=O)N1CCNCC1)c1ccccc1. The van der Waals surface area contributed by atoms with E-state index in [2.05, 4.69) is 12.2 Å². The molecule has 17 heavy (non-hydrogen) atoms. The van der Waals surface area contributed by atoms with Crippen molar-refractivity contribution in [3.63, 3.8) is 0 Å². The molecule has 0 aromatic heterocycles. The fraction of sp³-hybridized carbons (Fsp3) is 0.500. The maximum atomic E-state index is 12.4. The van der Waals surface area contributed by atoms with Crippen LogP contribution in [0.2, 0.25) is 0 Å². The Balaban J connectivity index is 2.10. The Kier molecular flexibility index (Phi) is 4.15. The van der Waals surface area contributed by atoms with Crippen LogP contribution in [0.5, 0.6) is 0 Å². The molecule has 0 radical (unpaired) electrons. The van der Waals surface area contributed by atoms with Gasteiger partial charge in [-0.05, 0) is 12.0 Å². The van der Waals surface area contributed by atoms with Gasteiger partial charge in [-0.15, -0.1) is 0 Å². The average molecular weight is 232 g/mol. The summed E-state index contributed by atoms with van der Waals surface area (Å²) in [5.41, 5.74) is 1.14. The van der Waals surface area contributed by atoms with Crippen molar-refractivity contribution in [3.05, 3.63) is 35.9 Å². The number of carbonyl (C=O) groups excluding carboxylic acids is 1. The fourth-order valence-corrected chi connectivity index (χ4v) is 2.34. The molecule has 1 N–H and O–H groups in total. The van der Waals surface area contributed by atoms with Crippen LogP contribution in [0.1, 0.15) is 24.8 Å². The first-order valence-electron chi connectivity index (χ1n) is 6.37. The molecular weight excluding hydrogens is 212 g/mol. The minimum Gasteiger partial charge on any atom is -0.340 e. The number of hydrogen-bond donors (Lipinski definition) is 1. The summed E-state index contributed by atoms with van der Waals surface area (Å²) >= 11 is 0. The van der Waals surface area contributed by atoms with E-state index in [9.17, 15) is 4.79 Å². The van der Waals surface area contributed by atoms with Gasteiger partial charge in [-0.3, -0.25) is 4.79 Å². The van der Waals surface area contributed by atoms with Crippen molar-refractivity contribution in [2.45, 2.75) is 19.3 Å². The molecule has 1 aliphatic heterocycles. The number of rotatable bonds is 3. The number of nitrogens with zero attached hydrogens (tertiary/aromatic N) is 1. The Morgan fingerprint density at radius 3 is 2.53 bits per heavy atom. The number of carbonyl (C=O) groups is 1. The van der Waals surface area contributed by atoms with Crippen molar-refractivity contribution < 1.29 is 4.79 Å². The molecule has 1 fully saturated rings. The fourth-order valence-electron chi connectivity index (χ4n) is 2.34. The lowest BCUT2D eigenvalue weighted by molar-refractivity contribution is -0.133. The van der Waals surface area contributed by atoms with Gasteiger partial charge in [0.1, 0.15) is 0 Å². The molecule has 92 valence electrons. The lowest BCUT2D eigenvalue weighted by Gasteiger charge is -2.30. The number of nitrogens with one attached hydrogen (secondary N) is 1. The normalized spacial score (nSPS) is 17.8. The second-order valence-corrected chi connectivity index (χ2v) is 4.45. The summed E-state index contributed by atoms with van der Waals surface area (Å²) in [6, 6.07) is 10.1. The van der Waals surface area contributed by atoms with Crippen LogP contribution in [-0.4, -0.2) is 37.0 Å². The van der Waals surface area contributed by atoms with Crippen molar-refractivity contribution in [2.24, 2.45) is 0 Å². The monoisotopic (exact) mass is 232 g/mol. The second-order valence-electron chi connectivity index (χ2n) is 4.45. The van der Waals surface area contributed by atoms with Gasteiger partial charge in [0.15, 0.2) is 0 Å². The first kappa shape index (κ1) is 12.1. The molecule has 1 aromatic carbocycles. The van der Waals surface area contributed by atoms with Crippen LogP contribution >= 0.6 is 0 Å². The summed E-state index contributed by atoms with van der Waals surface area (Å²) in [4.78, 5) is 14.4. The Hall–Kier alpha value is -1.35. The molecule has 1 amide bonds. The lowest BCUT2D eigenvalue weighted by atomic mass is 9.95. The minimum atomic E-state index is 0.0225. The van der Waals surface area contributed by atoms with Crippen molar-refractivity contribution in [1.82, 2.24) is 10.2 Å². The zero-order valence-corrected chi connectivity index (χ0v) is 10.4. The maximum absolute atomic E-state index is 12.4. The summed E-state index contributed by atoms with van der Waals surface area (Å²) < 4.78 is 0. The Morgan fingerprint density at radius 1 is 1.29 bits per heavy atom. The minimum absolute atomic E-state index is 0.0225. The molecule has 1 heterocycles. The Bertz CT molecular complexity index is 358. The molecule has 0 bridgehead atoms. The largest absolute Gasteiger partial charge is 0.340 e. The molecule has 1 atom stereocenters. The maximum Gasteiger partial charge on any atom is 0.230 e. The highest BCUT2D eigenvalue weighted by molar-refractivity contribution is 5.83. The number of amides is 1. The number of hydrogen-bond acceptors (Lipinski definition) is 2. The topological polar surface area (TPSA) is 32.3 Å². The van der Waals surface area contributed by atoms with Gasteiger partial charge in [0, 0.05) is 26.2 Å². The molecule has 1 saturated heterocycles. The zero-order valence-electron chi connectivity index (χ0n) is 10.4. The molecule has 1 aromatic rings. The molecule has 1 aliphatic rings. The highest BCUT2D eigenvalue weighted by atomic mass is 16.2. The van der Waals surface area contributed by atoms with Crippen LogP contribution in [0.3, 0.4) is 0 Å². The number of piperazine rings is 1. The molecule has 3 heteroatoms. The summed E-state index contributed by atoms with van der Waals surface area (Å²) in [5.74, 6) is 0.300. The molecular formula is C14H20N2O. The summed E-state index contributed by atoms with van der Waals surface area (Å²) in [5, 5.41) is 3.27. The van der Waals surface area contributed by atoms with Crippen molar-refractivity contribution >= 4 is 5.91 Å². The van der Waals surface area contributed by atoms with Gasteiger partial charge in [0.2, 0.25) is 5.91 Å². The highest BCUT2D eigenvalue weighted by Crippen LogP contribution is 2.22. The Labute approximate surface area is 103 Å². The van der Waals surface area contributed by atoms with Crippen LogP contribution in [0.4, 0.5) is 0 Å². The van der Waals surface area contributed by atoms with Crippen LogP contribution in [0.25, 0.3) is 0 Å². The molecule has 2 rings (SSSR count). The van der Waals surface area contributed by atoms with Gasteiger partial charge in [-0.25, -0.2) is 0 Å². The van der Waals surface area contributed by atoms with Gasteiger partial charge < -0.3 is 10.2 Å². The van der Waals surface area contributed by atoms with E-state index in [1.165, 1.54) is 0 Å². The smallest absolute Gasteiger partial charge is 0.230 e. The standard InChI is InChI=1S/C14H20N2O/c1-2-13(12-6-4-3-5-7-12)14(17)16-10-8-15-9-11-16/h3-7,13,15H,2,8-11H2,1H3. The van der Waals surface area contributed by atoms with Gasteiger partial charge in [0.25, 0.3) is 0 Å². The van der Waals surface area contributed by atoms with E-state index in [1.54, 1.807) is 0 Å². The van der Waals surface area contributed by atoms with Gasteiger partial charge in [0.05, 0.1) is 5.92 Å². The Morgan fingerprint density at radius 2 is 1.94 bits per heavy atom. The average Bonchev–Trinajstić information content (AvgIpc) is 2.42. The third-order valence-electron chi connectivity index (χ3n) is 3.34. The third kappa shape index (κ3) is 2.86. The van der Waals surface area contributed by atoms with Crippen molar-refractivity contribution in [2.75, 3.05) is 26.2 Å². The van der Waals surface area contributed by atoms with E-state index >= 15 is 0 Å². The highest BCUT2D eigenvalue weighted by Gasteiger charge is 2.24. The van der Waals surface area contributed by atoms with Crippen molar-refractivity contribution in [3.8, 4) is 0 Å². The predicted octanol–water partition coefficient (Wildman–Crippen LogP) is 1.61. The first-order valence-corrected chi connectivity index (χ1v) is 6.37. The summed E-state index contributed by atoms with van der Waals surface area (Å²) in [6.07, 6.45) is 0.868. The van der Waals surface area contributed by atoms with E-state index in [4.69, 9.17) is 0 Å². The van der Waals surface area contributed by atoms with Gasteiger partial charge >= 0.3 is 0 Å². The van der Waals surface area contributed by atoms with Gasteiger partial charge in [-0.2, -0.15) is 0 Å². The van der Waals surface area contributed by atoms with Crippen LogP contribution in [0, 0.1) is 0 Å². The second kappa shape index (κ2) is 5.82. The quantitative estimate of drug-likeness (QED) is 0.858. The van der Waals surface area contributed by atoms with Crippen LogP contribution < -0.4 is 5.32 Å². The van der Waals surface area contributed by atoms with E-state index in [0.717, 1.165) is 38.2 Å². The molecule has 0 saturated carbocycles. The van der Waals surface area contributed by atoms with E-state index in [0.29, 0.717) is 0 Å². The molecule has 3 nitrogen and oxygen atoms in total. The van der Waals surface area contributed by atoms with Crippen LogP contribution in [-0.2, 0) is 4.79 Å². The molecule has 0 aliphatic carbocycles. The predicted molar refractivity (Wildman–Crippen MR) is 68.9 cm³/mol. The number of benzene rings is 1. The summed E-state index contributed by atoms with van der Waals surface area (Å²) in [7, 11) is 0. The van der Waals surface area contributed by atoms with Gasteiger partial charge in [-0.1, -0.05) is 37.3 Å². The van der Waals surface area contributed by atoms with Crippen LogP contribution in [0.15, 0.2) is 30.3 Å².